The number of alkyl halides is 3. The first-order chi connectivity index (χ1) is 25.1. The fourth-order valence-corrected chi connectivity index (χ4v) is 5.07. The Bertz CT molecular complexity index is 1130. The quantitative estimate of drug-likeness (QED) is 0.0751. The fourth-order valence-electron chi connectivity index (χ4n) is 5.07. The first-order valence-corrected chi connectivity index (χ1v) is 17.8. The first kappa shape index (κ1) is 44.2. The number of amides is 5. The Kier molecular flexibility index (Phi) is 22.8. The summed E-state index contributed by atoms with van der Waals surface area (Å²) in [7, 11) is 0. The molecule has 0 unspecified atom stereocenters. The molecule has 0 bridgehead atoms. The van der Waals surface area contributed by atoms with E-state index in [2.05, 4.69) is 36.8 Å². The van der Waals surface area contributed by atoms with Crippen molar-refractivity contribution < 1.29 is 46.5 Å². The highest BCUT2D eigenvalue weighted by Gasteiger charge is 2.43. The highest BCUT2D eigenvalue weighted by atomic mass is 19.4. The van der Waals surface area contributed by atoms with Crippen molar-refractivity contribution in [1.29, 1.82) is 0 Å². The Labute approximate surface area is 303 Å². The van der Waals surface area contributed by atoms with Crippen molar-refractivity contribution in [2.75, 3.05) is 79.0 Å². The Morgan fingerprint density at radius 3 is 1.44 bits per heavy atom. The van der Waals surface area contributed by atoms with Crippen LogP contribution in [0.5, 0.6) is 0 Å². The summed E-state index contributed by atoms with van der Waals surface area (Å²) in [6.07, 6.45) is 4.72. The van der Waals surface area contributed by atoms with Crippen LogP contribution in [-0.2, 0) is 36.8 Å². The van der Waals surface area contributed by atoms with Crippen molar-refractivity contribution in [3.05, 3.63) is 36.9 Å². The van der Waals surface area contributed by atoms with Crippen LogP contribution < -0.4 is 26.6 Å². The maximum absolute atomic E-state index is 13.3. The molecule has 0 aliphatic rings. The molecule has 0 saturated carbocycles. The van der Waals surface area contributed by atoms with E-state index in [1.54, 1.807) is 21.8 Å². The molecule has 0 aliphatic carbocycles. The molecule has 16 nitrogen and oxygen atoms in total. The average Bonchev–Trinajstić information content (AvgIpc) is 3.84. The molecule has 0 aliphatic heterocycles. The van der Waals surface area contributed by atoms with Crippen LogP contribution in [0.4, 0.5) is 22.8 Å². The van der Waals surface area contributed by atoms with Crippen LogP contribution >= 0.6 is 0 Å². The van der Waals surface area contributed by atoms with E-state index >= 15 is 0 Å². The molecule has 0 saturated heterocycles. The van der Waals surface area contributed by atoms with Crippen molar-refractivity contribution in [2.24, 2.45) is 0 Å². The molecule has 2 heterocycles. The minimum absolute atomic E-state index is 0.187. The number of unbranched alkanes of at least 4 members (excludes halogenated alkanes) is 1. The van der Waals surface area contributed by atoms with Gasteiger partial charge in [-0.2, -0.15) is 23.4 Å². The number of ether oxygens (including phenoxy) is 4. The van der Waals surface area contributed by atoms with E-state index in [9.17, 15) is 27.6 Å². The van der Waals surface area contributed by atoms with Crippen LogP contribution in [0.1, 0.15) is 51.9 Å². The van der Waals surface area contributed by atoms with Crippen LogP contribution in [0.2, 0.25) is 0 Å². The SMILES string of the molecule is CCCCC(CCCNC(=O)NCCOCCOCCn1cccn1)(CCCNC(=O)NCCOCCOCCn1cccn1)NC(=O)C(F)(F)F. The molecule has 0 radical (unpaired) electrons. The van der Waals surface area contributed by atoms with E-state index in [0.717, 1.165) is 0 Å². The van der Waals surface area contributed by atoms with Gasteiger partial charge in [-0.25, -0.2) is 9.59 Å². The number of hydrogen-bond acceptors (Lipinski definition) is 9. The summed E-state index contributed by atoms with van der Waals surface area (Å²) in [5.41, 5.74) is -1.17. The minimum Gasteiger partial charge on any atom is -0.377 e. The molecule has 2 rings (SSSR count). The Balaban J connectivity index is 1.63. The summed E-state index contributed by atoms with van der Waals surface area (Å²) < 4.78 is 65.3. The van der Waals surface area contributed by atoms with Crippen molar-refractivity contribution in [2.45, 2.75) is 76.7 Å². The van der Waals surface area contributed by atoms with Crippen molar-refractivity contribution in [3.63, 3.8) is 0 Å². The van der Waals surface area contributed by atoms with Gasteiger partial charge in [-0.05, 0) is 44.2 Å². The number of nitrogens with zero attached hydrogens (tertiary/aromatic N) is 4. The zero-order valence-electron chi connectivity index (χ0n) is 30.1. The van der Waals surface area contributed by atoms with E-state index in [1.165, 1.54) is 0 Å². The van der Waals surface area contributed by atoms with Gasteiger partial charge in [-0.3, -0.25) is 14.2 Å². The van der Waals surface area contributed by atoms with Gasteiger partial charge in [-0.1, -0.05) is 19.8 Å². The second kappa shape index (κ2) is 26.8. The van der Waals surface area contributed by atoms with Gasteiger partial charge in [-0.15, -0.1) is 0 Å². The molecule has 5 N–H and O–H groups in total. The summed E-state index contributed by atoms with van der Waals surface area (Å²) in [6, 6.07) is 2.80. The van der Waals surface area contributed by atoms with Gasteiger partial charge >= 0.3 is 24.1 Å². The molecule has 0 atom stereocenters. The monoisotopic (exact) mass is 747 g/mol. The lowest BCUT2D eigenvalue weighted by Crippen LogP contribution is -2.53. The normalized spacial score (nSPS) is 11.7. The van der Waals surface area contributed by atoms with Crippen molar-refractivity contribution >= 4 is 18.0 Å². The third-order valence-electron chi connectivity index (χ3n) is 7.74. The van der Waals surface area contributed by atoms with E-state index in [-0.39, 0.29) is 52.2 Å². The Hall–Kier alpha value is -3.94. The molecule has 5 amide bonds. The lowest BCUT2D eigenvalue weighted by atomic mass is 9.83. The van der Waals surface area contributed by atoms with Gasteiger partial charge in [0.05, 0.1) is 65.9 Å². The van der Waals surface area contributed by atoms with Crippen molar-refractivity contribution in [3.8, 4) is 0 Å². The van der Waals surface area contributed by atoms with Crippen LogP contribution in [0.15, 0.2) is 36.9 Å². The highest BCUT2D eigenvalue weighted by Crippen LogP contribution is 2.28. The molecule has 19 heteroatoms. The number of halogens is 3. The lowest BCUT2D eigenvalue weighted by Gasteiger charge is -2.36. The summed E-state index contributed by atoms with van der Waals surface area (Å²) >= 11 is 0. The van der Waals surface area contributed by atoms with Crippen molar-refractivity contribution in [1.82, 2.24) is 46.1 Å². The van der Waals surface area contributed by atoms with Crippen LogP contribution in [0.25, 0.3) is 0 Å². The third kappa shape index (κ3) is 21.4. The summed E-state index contributed by atoms with van der Waals surface area (Å²) in [5.74, 6) is -2.01. The number of aromatic nitrogens is 4. The first-order valence-electron chi connectivity index (χ1n) is 17.8. The van der Waals surface area contributed by atoms with E-state index in [4.69, 9.17) is 18.9 Å². The fraction of sp³-hybridized carbons (Fsp3) is 0.727. The van der Waals surface area contributed by atoms with Gasteiger partial charge in [0.25, 0.3) is 0 Å². The molecule has 296 valence electrons. The molecular weight excluding hydrogens is 691 g/mol. The number of nitrogens with one attached hydrogen (secondary N) is 5. The van der Waals surface area contributed by atoms with E-state index in [0.29, 0.717) is 84.8 Å². The molecule has 0 spiro atoms. The average molecular weight is 748 g/mol. The standard InChI is InChI=1S/C33H56F3N9O7/c1-2-3-8-32(43-29(46)33(34,35)36,9-4-11-37-30(47)39-15-21-49-25-27-51-23-19-44-17-6-13-41-44)10-5-12-38-31(48)40-16-22-50-26-28-52-24-20-45-18-7-14-42-45/h6-7,13-14,17-18H,2-5,8-12,15-16,19-28H2,1H3,(H,43,46)(H2,37,39,47)(H2,38,40,48). The van der Waals surface area contributed by atoms with E-state index < -0.39 is 29.7 Å². The maximum Gasteiger partial charge on any atom is 0.471 e. The maximum atomic E-state index is 13.3. The summed E-state index contributed by atoms with van der Waals surface area (Å²) in [4.78, 5) is 36.5. The zero-order valence-corrected chi connectivity index (χ0v) is 30.1. The van der Waals surface area contributed by atoms with Crippen LogP contribution in [0.3, 0.4) is 0 Å². The predicted octanol–water partition coefficient (Wildman–Crippen LogP) is 2.61. The topological polar surface area (TPSA) is 184 Å². The van der Waals surface area contributed by atoms with Crippen LogP contribution in [0, 0.1) is 0 Å². The Morgan fingerprint density at radius 2 is 1.04 bits per heavy atom. The number of urea groups is 2. The molecule has 2 aromatic heterocycles. The van der Waals surface area contributed by atoms with E-state index in [1.807, 2.05) is 31.5 Å². The largest absolute Gasteiger partial charge is 0.471 e. The highest BCUT2D eigenvalue weighted by molar-refractivity contribution is 5.82. The number of carbonyl (C=O) groups excluding carboxylic acids is 3. The second-order valence-electron chi connectivity index (χ2n) is 11.9. The summed E-state index contributed by atoms with van der Waals surface area (Å²) in [5, 5.41) is 21.1. The molecule has 52 heavy (non-hydrogen) atoms. The summed E-state index contributed by atoms with van der Waals surface area (Å²) in [6.45, 7) is 7.21. The Morgan fingerprint density at radius 1 is 0.615 bits per heavy atom. The molecule has 0 aromatic carbocycles. The molecular formula is C33H56F3N9O7. The van der Waals surface area contributed by atoms with Gasteiger partial charge in [0.2, 0.25) is 0 Å². The molecule has 0 fully saturated rings. The number of rotatable bonds is 30. The number of hydrogen-bond donors (Lipinski definition) is 5. The van der Waals surface area contributed by atoms with Gasteiger partial charge in [0.1, 0.15) is 0 Å². The second-order valence-corrected chi connectivity index (χ2v) is 11.9. The van der Waals surface area contributed by atoms with Gasteiger partial charge in [0, 0.05) is 56.5 Å². The van der Waals surface area contributed by atoms with Gasteiger partial charge < -0.3 is 45.5 Å². The zero-order chi connectivity index (χ0) is 37.8. The van der Waals surface area contributed by atoms with Crippen LogP contribution in [-0.4, -0.2) is 128 Å². The molecule has 2 aromatic rings. The number of carbonyl (C=O) groups is 3. The predicted molar refractivity (Wildman–Crippen MR) is 185 cm³/mol. The minimum atomic E-state index is -5.04. The van der Waals surface area contributed by atoms with Gasteiger partial charge in [0.15, 0.2) is 0 Å². The lowest BCUT2D eigenvalue weighted by molar-refractivity contribution is -0.176. The third-order valence-corrected chi connectivity index (χ3v) is 7.74. The smallest absolute Gasteiger partial charge is 0.377 e.